The van der Waals surface area contributed by atoms with Crippen molar-refractivity contribution in [2.24, 2.45) is 5.92 Å². The average Bonchev–Trinajstić information content (AvgIpc) is 2.46. The van der Waals surface area contributed by atoms with Crippen molar-refractivity contribution in [3.8, 4) is 0 Å². The summed E-state index contributed by atoms with van der Waals surface area (Å²) in [5, 5.41) is 9.10. The first-order valence-electron chi connectivity index (χ1n) is 6.81. The van der Waals surface area contributed by atoms with Crippen LogP contribution in [0.2, 0.25) is 0 Å². The van der Waals surface area contributed by atoms with E-state index in [9.17, 15) is 4.79 Å². The number of piperidine rings is 1. The van der Waals surface area contributed by atoms with Gasteiger partial charge in [-0.2, -0.15) is 0 Å². The molecule has 1 aromatic carbocycles. The molecule has 0 bridgehead atoms. The quantitative estimate of drug-likeness (QED) is 0.900. The number of carbonyl (C=O) groups is 1. The number of hydrogen-bond donors (Lipinski definition) is 1. The van der Waals surface area contributed by atoms with Gasteiger partial charge in [0.1, 0.15) is 0 Å². The standard InChI is InChI=1S/C15H21NO2S/c1-12(10-17)11-19-14-8-5-9-16(15(14)18)13-6-3-2-4-7-13/h2-4,6-7,12,14,17H,5,8-11H2,1H3/t12-,14-/m0/s1. The molecule has 104 valence electrons. The predicted octanol–water partition coefficient (Wildman–Crippen LogP) is 2.54. The van der Waals surface area contributed by atoms with E-state index in [2.05, 4.69) is 0 Å². The molecule has 1 aliphatic rings. The Balaban J connectivity index is 1.98. The molecular formula is C15H21NO2S. The molecule has 1 N–H and O–H groups in total. The van der Waals surface area contributed by atoms with Crippen molar-refractivity contribution in [3.63, 3.8) is 0 Å². The van der Waals surface area contributed by atoms with Gasteiger partial charge in [-0.15, -0.1) is 11.8 Å². The summed E-state index contributed by atoms with van der Waals surface area (Å²) >= 11 is 1.69. The van der Waals surface area contributed by atoms with Crippen LogP contribution in [0.25, 0.3) is 0 Å². The van der Waals surface area contributed by atoms with Crippen molar-refractivity contribution in [2.45, 2.75) is 25.0 Å². The number of nitrogens with zero attached hydrogens (tertiary/aromatic N) is 1. The fourth-order valence-electron chi connectivity index (χ4n) is 2.19. The number of aliphatic hydroxyl groups excluding tert-OH is 1. The van der Waals surface area contributed by atoms with Gasteiger partial charge >= 0.3 is 0 Å². The van der Waals surface area contributed by atoms with Crippen LogP contribution in [0.5, 0.6) is 0 Å². The molecule has 0 spiro atoms. The summed E-state index contributed by atoms with van der Waals surface area (Å²) in [4.78, 5) is 14.4. The summed E-state index contributed by atoms with van der Waals surface area (Å²) in [5.74, 6) is 1.31. The number of carbonyl (C=O) groups excluding carboxylic acids is 1. The zero-order chi connectivity index (χ0) is 13.7. The zero-order valence-electron chi connectivity index (χ0n) is 11.3. The fraction of sp³-hybridized carbons (Fsp3) is 0.533. The average molecular weight is 279 g/mol. The van der Waals surface area contributed by atoms with Gasteiger partial charge in [0, 0.05) is 18.8 Å². The largest absolute Gasteiger partial charge is 0.396 e. The number of aliphatic hydroxyl groups is 1. The van der Waals surface area contributed by atoms with Crippen molar-refractivity contribution in [2.75, 3.05) is 23.8 Å². The molecule has 0 saturated carbocycles. The van der Waals surface area contributed by atoms with E-state index in [0.717, 1.165) is 30.8 Å². The lowest BCUT2D eigenvalue weighted by molar-refractivity contribution is -0.119. The highest BCUT2D eigenvalue weighted by molar-refractivity contribution is 8.00. The van der Waals surface area contributed by atoms with E-state index in [-0.39, 0.29) is 23.7 Å². The third-order valence-corrected chi connectivity index (χ3v) is 4.95. The first-order valence-corrected chi connectivity index (χ1v) is 7.86. The van der Waals surface area contributed by atoms with Crippen LogP contribution in [0.3, 0.4) is 0 Å². The highest BCUT2D eigenvalue weighted by Gasteiger charge is 2.29. The van der Waals surface area contributed by atoms with Crippen molar-refractivity contribution in [3.05, 3.63) is 30.3 Å². The molecule has 0 aromatic heterocycles. The highest BCUT2D eigenvalue weighted by atomic mass is 32.2. The summed E-state index contributed by atoms with van der Waals surface area (Å²) in [5.41, 5.74) is 0.994. The summed E-state index contributed by atoms with van der Waals surface area (Å²) in [6.07, 6.45) is 2.00. The van der Waals surface area contributed by atoms with E-state index in [4.69, 9.17) is 5.11 Å². The molecule has 1 fully saturated rings. The van der Waals surface area contributed by atoms with Crippen molar-refractivity contribution >= 4 is 23.4 Å². The third-order valence-electron chi connectivity index (χ3n) is 3.35. The Labute approximate surface area is 119 Å². The van der Waals surface area contributed by atoms with E-state index >= 15 is 0 Å². The topological polar surface area (TPSA) is 40.5 Å². The lowest BCUT2D eigenvalue weighted by atomic mass is 10.1. The lowest BCUT2D eigenvalue weighted by Crippen LogP contribution is -2.43. The van der Waals surface area contributed by atoms with Gasteiger partial charge in [-0.3, -0.25) is 4.79 Å². The number of para-hydroxylation sites is 1. The van der Waals surface area contributed by atoms with E-state index < -0.39 is 0 Å². The van der Waals surface area contributed by atoms with Crippen molar-refractivity contribution < 1.29 is 9.90 Å². The monoisotopic (exact) mass is 279 g/mol. The molecule has 1 heterocycles. The molecular weight excluding hydrogens is 258 g/mol. The van der Waals surface area contributed by atoms with Gasteiger partial charge in [0.15, 0.2) is 0 Å². The van der Waals surface area contributed by atoms with Gasteiger partial charge in [0.05, 0.1) is 5.25 Å². The summed E-state index contributed by atoms with van der Waals surface area (Å²) in [6, 6.07) is 9.87. The number of rotatable bonds is 5. The molecule has 1 saturated heterocycles. The molecule has 2 atom stereocenters. The number of benzene rings is 1. The van der Waals surface area contributed by atoms with Gasteiger partial charge < -0.3 is 10.0 Å². The maximum Gasteiger partial charge on any atom is 0.240 e. The Kier molecular flexibility index (Phi) is 5.28. The molecule has 1 aliphatic heterocycles. The van der Waals surface area contributed by atoms with Crippen LogP contribution in [0.4, 0.5) is 5.69 Å². The molecule has 3 nitrogen and oxygen atoms in total. The number of amides is 1. The number of anilines is 1. The van der Waals surface area contributed by atoms with E-state index in [1.165, 1.54) is 0 Å². The van der Waals surface area contributed by atoms with Gasteiger partial charge in [0.2, 0.25) is 5.91 Å². The number of thioether (sulfide) groups is 1. The summed E-state index contributed by atoms with van der Waals surface area (Å²) < 4.78 is 0. The van der Waals surface area contributed by atoms with Crippen LogP contribution in [-0.4, -0.2) is 35.2 Å². The van der Waals surface area contributed by atoms with Gasteiger partial charge in [-0.1, -0.05) is 25.1 Å². The van der Waals surface area contributed by atoms with E-state index in [1.807, 2.05) is 42.2 Å². The van der Waals surface area contributed by atoms with Gasteiger partial charge in [-0.25, -0.2) is 0 Å². The Bertz CT molecular complexity index is 410. The fourth-order valence-corrected chi connectivity index (χ4v) is 3.46. The normalized spacial score (nSPS) is 21.5. The minimum Gasteiger partial charge on any atom is -0.396 e. The highest BCUT2D eigenvalue weighted by Crippen LogP contribution is 2.28. The van der Waals surface area contributed by atoms with E-state index in [0.29, 0.717) is 0 Å². The minimum atomic E-state index is 0.0444. The molecule has 19 heavy (non-hydrogen) atoms. The van der Waals surface area contributed by atoms with Crippen LogP contribution >= 0.6 is 11.8 Å². The van der Waals surface area contributed by atoms with Crippen LogP contribution in [0.15, 0.2) is 30.3 Å². The second kappa shape index (κ2) is 6.96. The van der Waals surface area contributed by atoms with E-state index in [1.54, 1.807) is 11.8 Å². The Morgan fingerprint density at radius 2 is 2.16 bits per heavy atom. The maximum atomic E-state index is 12.5. The van der Waals surface area contributed by atoms with Crippen molar-refractivity contribution in [1.82, 2.24) is 0 Å². The first-order chi connectivity index (χ1) is 9.22. The molecule has 0 aliphatic carbocycles. The molecule has 2 rings (SSSR count). The van der Waals surface area contributed by atoms with Gasteiger partial charge in [-0.05, 0) is 36.6 Å². The second-order valence-corrected chi connectivity index (χ2v) is 6.31. The zero-order valence-corrected chi connectivity index (χ0v) is 12.1. The molecule has 0 unspecified atom stereocenters. The van der Waals surface area contributed by atoms with Crippen molar-refractivity contribution in [1.29, 1.82) is 0 Å². The summed E-state index contributed by atoms with van der Waals surface area (Å²) in [7, 11) is 0. The van der Waals surface area contributed by atoms with Crippen LogP contribution < -0.4 is 4.90 Å². The third kappa shape index (κ3) is 3.74. The second-order valence-electron chi connectivity index (χ2n) is 5.08. The lowest BCUT2D eigenvalue weighted by Gasteiger charge is -2.32. The Morgan fingerprint density at radius 1 is 1.42 bits per heavy atom. The molecule has 4 heteroatoms. The minimum absolute atomic E-state index is 0.0444. The van der Waals surface area contributed by atoms with Crippen LogP contribution in [0, 0.1) is 5.92 Å². The molecule has 0 radical (unpaired) electrons. The first kappa shape index (κ1) is 14.4. The van der Waals surface area contributed by atoms with Crippen LogP contribution in [0.1, 0.15) is 19.8 Å². The van der Waals surface area contributed by atoms with Crippen LogP contribution in [-0.2, 0) is 4.79 Å². The number of hydrogen-bond acceptors (Lipinski definition) is 3. The molecule has 1 aromatic rings. The smallest absolute Gasteiger partial charge is 0.240 e. The molecule has 1 amide bonds. The Morgan fingerprint density at radius 3 is 2.84 bits per heavy atom. The predicted molar refractivity (Wildman–Crippen MR) is 80.5 cm³/mol. The SMILES string of the molecule is C[C@@H](CO)CS[C@H]1CCCN(c2ccccc2)C1=O. The maximum absolute atomic E-state index is 12.5. The summed E-state index contributed by atoms with van der Waals surface area (Å²) in [6.45, 7) is 3.01. The Hall–Kier alpha value is -1.00. The van der Waals surface area contributed by atoms with Gasteiger partial charge in [0.25, 0.3) is 0 Å².